The molecule has 4 rings (SSSR count). The Morgan fingerprint density at radius 1 is 0.871 bits per heavy atom. The zero-order valence-electron chi connectivity index (χ0n) is 15.5. The van der Waals surface area contributed by atoms with E-state index < -0.39 is 71.1 Å². The van der Waals surface area contributed by atoms with Crippen molar-refractivity contribution in [2.75, 3.05) is 6.61 Å². The van der Waals surface area contributed by atoms with Crippen molar-refractivity contribution in [2.45, 2.75) is 30.7 Å². The maximum atomic E-state index is 12.9. The first kappa shape index (κ1) is 21.0. The molecule has 1 aromatic heterocycles. The van der Waals surface area contributed by atoms with Crippen LogP contribution >= 0.6 is 0 Å². The van der Waals surface area contributed by atoms with Crippen molar-refractivity contribution in [3.63, 3.8) is 0 Å². The standard InChI is InChI=1S/C19H18O12/c20-4-10-13(24)16(27)17(28)19(30-10)31-18-7(23)3-9-12(15(18)26)14(25)11-6(22)1-5(21)2-8(11)29-9/h1-3,10,13,16-17,19-24,26-28H,4H2/t10-,13-,16+,17-,19+/m1/s1. The molecule has 5 atom stereocenters. The van der Waals surface area contributed by atoms with Crippen LogP contribution in [-0.4, -0.2) is 78.2 Å². The van der Waals surface area contributed by atoms with Crippen molar-refractivity contribution in [3.05, 3.63) is 28.4 Å². The molecule has 0 radical (unpaired) electrons. The lowest BCUT2D eigenvalue weighted by molar-refractivity contribution is -0.277. The maximum Gasteiger partial charge on any atom is 0.229 e. The molecule has 0 aliphatic carbocycles. The molecule has 0 spiro atoms. The predicted octanol–water partition coefficient (Wildman–Crippen LogP) is -1.05. The zero-order valence-corrected chi connectivity index (χ0v) is 15.5. The Morgan fingerprint density at radius 2 is 1.55 bits per heavy atom. The lowest BCUT2D eigenvalue weighted by atomic mass is 9.99. The molecule has 1 fully saturated rings. The largest absolute Gasteiger partial charge is 0.508 e. The van der Waals surface area contributed by atoms with Gasteiger partial charge in [0, 0.05) is 18.2 Å². The maximum absolute atomic E-state index is 12.9. The van der Waals surface area contributed by atoms with Crippen LogP contribution in [0.3, 0.4) is 0 Å². The van der Waals surface area contributed by atoms with Gasteiger partial charge in [0.15, 0.2) is 11.5 Å². The van der Waals surface area contributed by atoms with Gasteiger partial charge in [0.05, 0.1) is 6.61 Å². The second-order valence-electron chi connectivity index (χ2n) is 7.03. The van der Waals surface area contributed by atoms with E-state index >= 15 is 0 Å². The molecule has 1 aliphatic heterocycles. The molecule has 31 heavy (non-hydrogen) atoms. The lowest BCUT2D eigenvalue weighted by Gasteiger charge is -2.39. The number of phenolic OH excluding ortho intramolecular Hbond substituents is 4. The topological polar surface area (TPSA) is 211 Å². The van der Waals surface area contributed by atoms with Crippen molar-refractivity contribution in [1.29, 1.82) is 0 Å². The highest BCUT2D eigenvalue weighted by Gasteiger charge is 2.45. The van der Waals surface area contributed by atoms with Gasteiger partial charge in [-0.2, -0.15) is 0 Å². The fourth-order valence-corrected chi connectivity index (χ4v) is 3.45. The van der Waals surface area contributed by atoms with Gasteiger partial charge in [-0.1, -0.05) is 0 Å². The van der Waals surface area contributed by atoms with Crippen LogP contribution in [0.15, 0.2) is 27.4 Å². The molecule has 12 nitrogen and oxygen atoms in total. The van der Waals surface area contributed by atoms with Crippen LogP contribution in [0.1, 0.15) is 0 Å². The number of ether oxygens (including phenoxy) is 2. The third kappa shape index (κ3) is 3.26. The average Bonchev–Trinajstić information content (AvgIpc) is 2.69. The van der Waals surface area contributed by atoms with Gasteiger partial charge in [0.1, 0.15) is 57.9 Å². The van der Waals surface area contributed by atoms with Crippen LogP contribution in [-0.2, 0) is 4.74 Å². The number of hydrogen-bond acceptors (Lipinski definition) is 12. The Balaban J connectivity index is 1.85. The summed E-state index contributed by atoms with van der Waals surface area (Å²) >= 11 is 0. The molecule has 166 valence electrons. The van der Waals surface area contributed by atoms with Gasteiger partial charge in [-0.3, -0.25) is 4.79 Å². The molecular weight excluding hydrogens is 420 g/mol. The normalized spacial score (nSPS) is 26.4. The minimum Gasteiger partial charge on any atom is -0.508 e. The fraction of sp³-hybridized carbons (Fsp3) is 0.316. The molecule has 0 bridgehead atoms. The molecule has 8 N–H and O–H groups in total. The quantitative estimate of drug-likeness (QED) is 0.230. The van der Waals surface area contributed by atoms with E-state index in [0.29, 0.717) is 0 Å². The lowest BCUT2D eigenvalue weighted by Crippen LogP contribution is -2.60. The summed E-state index contributed by atoms with van der Waals surface area (Å²) in [6.45, 7) is -0.734. The molecule has 0 saturated carbocycles. The summed E-state index contributed by atoms with van der Waals surface area (Å²) in [5.41, 5.74) is -1.43. The van der Waals surface area contributed by atoms with Gasteiger partial charge in [0.2, 0.25) is 17.5 Å². The van der Waals surface area contributed by atoms with E-state index in [4.69, 9.17) is 13.9 Å². The highest BCUT2D eigenvalue weighted by molar-refractivity contribution is 5.98. The molecule has 2 aromatic carbocycles. The smallest absolute Gasteiger partial charge is 0.229 e. The summed E-state index contributed by atoms with van der Waals surface area (Å²) in [7, 11) is 0. The third-order valence-electron chi connectivity index (χ3n) is 5.02. The molecule has 12 heteroatoms. The van der Waals surface area contributed by atoms with E-state index in [-0.39, 0.29) is 22.3 Å². The minimum absolute atomic E-state index is 0.212. The highest BCUT2D eigenvalue weighted by atomic mass is 16.7. The molecule has 2 heterocycles. The van der Waals surface area contributed by atoms with Crippen LogP contribution in [0, 0.1) is 0 Å². The van der Waals surface area contributed by atoms with Gasteiger partial charge in [-0.05, 0) is 0 Å². The van der Waals surface area contributed by atoms with E-state index in [1.165, 1.54) is 0 Å². The predicted molar refractivity (Wildman–Crippen MR) is 101 cm³/mol. The number of hydrogen-bond donors (Lipinski definition) is 8. The number of aliphatic hydroxyl groups is 4. The minimum atomic E-state index is -1.84. The molecule has 3 aromatic rings. The Hall–Kier alpha value is -3.29. The Labute approximate surface area is 172 Å². The van der Waals surface area contributed by atoms with Crippen molar-refractivity contribution >= 4 is 21.9 Å². The van der Waals surface area contributed by atoms with Crippen LogP contribution in [0.25, 0.3) is 21.9 Å². The van der Waals surface area contributed by atoms with Gasteiger partial charge in [-0.15, -0.1) is 0 Å². The molecule has 1 saturated heterocycles. The summed E-state index contributed by atoms with van der Waals surface area (Å²) in [6.07, 6.45) is -8.34. The number of aromatic hydroxyl groups is 4. The third-order valence-corrected chi connectivity index (χ3v) is 5.02. The van der Waals surface area contributed by atoms with Crippen LogP contribution in [0.4, 0.5) is 0 Å². The van der Waals surface area contributed by atoms with Crippen molar-refractivity contribution < 1.29 is 54.7 Å². The van der Waals surface area contributed by atoms with E-state index in [1.54, 1.807) is 0 Å². The first-order valence-corrected chi connectivity index (χ1v) is 8.98. The van der Waals surface area contributed by atoms with Crippen LogP contribution in [0.5, 0.6) is 28.7 Å². The summed E-state index contributed by atoms with van der Waals surface area (Å²) in [5, 5.41) is 78.7. The van der Waals surface area contributed by atoms with Crippen molar-refractivity contribution in [1.82, 2.24) is 0 Å². The summed E-state index contributed by atoms with van der Waals surface area (Å²) in [6, 6.07) is 2.87. The first-order valence-electron chi connectivity index (χ1n) is 8.98. The van der Waals surface area contributed by atoms with Crippen molar-refractivity contribution in [3.8, 4) is 28.7 Å². The Bertz CT molecular complexity index is 1220. The van der Waals surface area contributed by atoms with E-state index in [9.17, 15) is 45.6 Å². The second kappa shape index (κ2) is 7.44. The second-order valence-corrected chi connectivity index (χ2v) is 7.03. The van der Waals surface area contributed by atoms with Crippen LogP contribution < -0.4 is 10.2 Å². The van der Waals surface area contributed by atoms with Gasteiger partial charge in [0.25, 0.3) is 0 Å². The fourth-order valence-electron chi connectivity index (χ4n) is 3.45. The number of phenols is 4. The Kier molecular flexibility index (Phi) is 5.03. The highest BCUT2D eigenvalue weighted by Crippen LogP contribution is 2.44. The monoisotopic (exact) mass is 438 g/mol. The van der Waals surface area contributed by atoms with E-state index in [1.807, 2.05) is 0 Å². The molecular formula is C19H18O12. The Morgan fingerprint density at radius 3 is 2.23 bits per heavy atom. The number of aliphatic hydroxyl groups excluding tert-OH is 4. The number of benzene rings is 2. The van der Waals surface area contributed by atoms with Crippen LogP contribution in [0.2, 0.25) is 0 Å². The van der Waals surface area contributed by atoms with E-state index in [2.05, 4.69) is 0 Å². The van der Waals surface area contributed by atoms with E-state index in [0.717, 1.165) is 18.2 Å². The molecule has 1 aliphatic rings. The molecule has 0 amide bonds. The number of fused-ring (bicyclic) bond motifs is 2. The van der Waals surface area contributed by atoms with Gasteiger partial charge < -0.3 is 54.7 Å². The zero-order chi connectivity index (χ0) is 22.6. The van der Waals surface area contributed by atoms with Gasteiger partial charge >= 0.3 is 0 Å². The molecule has 0 unspecified atom stereocenters. The first-order chi connectivity index (χ1) is 14.6. The average molecular weight is 438 g/mol. The summed E-state index contributed by atoms with van der Waals surface area (Å²) in [5.74, 6) is -3.39. The SMILES string of the molecule is O=c1c2c(O)cc(O)cc2oc2cc(O)c(O[C@@H]3O[C@H](CO)[C@@H](O)[C@H](O)[C@H]3O)c(O)c12. The summed E-state index contributed by atoms with van der Waals surface area (Å²) in [4.78, 5) is 12.9. The number of rotatable bonds is 3. The van der Waals surface area contributed by atoms with Crippen molar-refractivity contribution in [2.24, 2.45) is 0 Å². The summed E-state index contributed by atoms with van der Waals surface area (Å²) < 4.78 is 15.8. The van der Waals surface area contributed by atoms with Gasteiger partial charge in [-0.25, -0.2) is 0 Å².